The number of halogens is 2. The van der Waals surface area contributed by atoms with E-state index in [1.807, 2.05) is 0 Å². The Hall–Kier alpha value is -2.57. The van der Waals surface area contributed by atoms with Crippen molar-refractivity contribution in [2.45, 2.75) is 24.5 Å². The van der Waals surface area contributed by atoms with E-state index in [9.17, 15) is 38.6 Å². The van der Waals surface area contributed by atoms with E-state index in [2.05, 4.69) is 20.9 Å². The van der Waals surface area contributed by atoms with E-state index >= 15 is 0 Å². The third kappa shape index (κ3) is 2.75. The molecule has 1 aromatic rings. The summed E-state index contributed by atoms with van der Waals surface area (Å²) in [6.07, 6.45) is -0.328. The Bertz CT molecular complexity index is 1120. The highest BCUT2D eigenvalue weighted by Crippen LogP contribution is 2.51. The van der Waals surface area contributed by atoms with Crippen LogP contribution in [-0.4, -0.2) is 74.9 Å². The standard InChI is InChI=1S/C20H19BrFN3O7/c1-25(2)11-7-4-5-3-6-9(14(28)17(21)24-18(6)22)12(26)8(5)15(29)20(7,32)16(30)10(13(11)27)19(23)31/h5,7-8,10-11,28,32H,3-4H2,1-2H3,(H2,23,31)/t5-,7-,8?,10?,11-,20-/m0/s1. The fourth-order valence-corrected chi connectivity index (χ4v) is 5.84. The Labute approximate surface area is 189 Å². The molecule has 0 radical (unpaired) electrons. The summed E-state index contributed by atoms with van der Waals surface area (Å²) in [6.45, 7) is 0. The minimum absolute atomic E-state index is 0.153. The molecule has 0 spiro atoms. The maximum absolute atomic E-state index is 14.5. The Morgan fingerprint density at radius 3 is 2.44 bits per heavy atom. The van der Waals surface area contributed by atoms with Crippen LogP contribution in [0.2, 0.25) is 0 Å². The number of nitrogens with zero attached hydrogens (tertiary/aromatic N) is 2. The second-order valence-electron chi connectivity index (χ2n) is 8.68. The smallest absolute Gasteiger partial charge is 0.235 e. The van der Waals surface area contributed by atoms with Crippen molar-refractivity contribution in [2.24, 2.45) is 29.4 Å². The van der Waals surface area contributed by atoms with Crippen molar-refractivity contribution < 1.29 is 38.6 Å². The van der Waals surface area contributed by atoms with Crippen molar-refractivity contribution >= 4 is 45.0 Å². The van der Waals surface area contributed by atoms with Crippen molar-refractivity contribution in [3.63, 3.8) is 0 Å². The van der Waals surface area contributed by atoms with Crippen molar-refractivity contribution in [3.05, 3.63) is 21.7 Å². The van der Waals surface area contributed by atoms with Gasteiger partial charge >= 0.3 is 0 Å². The lowest BCUT2D eigenvalue weighted by Gasteiger charge is -2.52. The molecule has 0 bridgehead atoms. The van der Waals surface area contributed by atoms with Gasteiger partial charge in [-0.25, -0.2) is 4.98 Å². The minimum Gasteiger partial charge on any atom is -0.504 e. The number of aliphatic hydroxyl groups is 1. The Balaban J connectivity index is 1.89. The summed E-state index contributed by atoms with van der Waals surface area (Å²) in [5.74, 6) is -13.0. The topological polar surface area (TPSA) is 168 Å². The molecule has 3 aliphatic rings. The molecule has 0 aromatic carbocycles. The number of hydrogen-bond acceptors (Lipinski definition) is 9. The predicted molar refractivity (Wildman–Crippen MR) is 107 cm³/mol. The van der Waals surface area contributed by atoms with E-state index in [0.717, 1.165) is 0 Å². The molecule has 6 atom stereocenters. The molecule has 10 nitrogen and oxygen atoms in total. The number of carbonyl (C=O) groups excluding carboxylic acids is 5. The lowest BCUT2D eigenvalue weighted by molar-refractivity contribution is -0.181. The van der Waals surface area contributed by atoms with Crippen LogP contribution in [0.3, 0.4) is 0 Å². The first kappa shape index (κ1) is 22.6. The number of primary amides is 1. The lowest BCUT2D eigenvalue weighted by atomic mass is 9.52. The van der Waals surface area contributed by atoms with Crippen LogP contribution in [0.4, 0.5) is 4.39 Å². The molecule has 4 rings (SSSR count). The van der Waals surface area contributed by atoms with Gasteiger partial charge in [0.1, 0.15) is 0 Å². The van der Waals surface area contributed by atoms with Gasteiger partial charge < -0.3 is 15.9 Å². The van der Waals surface area contributed by atoms with E-state index in [0.29, 0.717) is 0 Å². The molecule has 1 heterocycles. The van der Waals surface area contributed by atoms with Crippen LogP contribution in [-0.2, 0) is 25.6 Å². The van der Waals surface area contributed by atoms with Crippen molar-refractivity contribution in [1.82, 2.24) is 9.88 Å². The summed E-state index contributed by atoms with van der Waals surface area (Å²) >= 11 is 2.85. The molecule has 1 amide bonds. The zero-order valence-corrected chi connectivity index (χ0v) is 18.6. The first-order valence-corrected chi connectivity index (χ1v) is 10.5. The van der Waals surface area contributed by atoms with Gasteiger partial charge in [0, 0.05) is 11.5 Å². The first-order valence-electron chi connectivity index (χ1n) is 9.75. The summed E-state index contributed by atoms with van der Waals surface area (Å²) in [5, 5.41) is 21.6. The number of carbonyl (C=O) groups is 5. The second kappa shape index (κ2) is 7.22. The number of amides is 1. The highest BCUT2D eigenvalue weighted by atomic mass is 79.9. The number of likely N-dealkylation sites (N-methyl/N-ethyl adjacent to an activating group) is 1. The average Bonchev–Trinajstić information content (AvgIpc) is 2.68. The number of pyridine rings is 1. The molecule has 1 aromatic heterocycles. The zero-order chi connectivity index (χ0) is 23.9. The third-order valence-electron chi connectivity index (χ3n) is 6.83. The van der Waals surface area contributed by atoms with Gasteiger partial charge in [0.05, 0.1) is 17.5 Å². The van der Waals surface area contributed by atoms with Gasteiger partial charge in [-0.1, -0.05) is 0 Å². The van der Waals surface area contributed by atoms with E-state index < -0.39 is 81.6 Å². The van der Waals surface area contributed by atoms with Crippen molar-refractivity contribution in [2.75, 3.05) is 14.1 Å². The van der Waals surface area contributed by atoms with Crippen molar-refractivity contribution in [1.29, 1.82) is 0 Å². The average molecular weight is 512 g/mol. The minimum atomic E-state index is -2.81. The number of rotatable bonds is 2. The largest absolute Gasteiger partial charge is 0.504 e. The van der Waals surface area contributed by atoms with E-state index in [4.69, 9.17) is 5.73 Å². The van der Waals surface area contributed by atoms with Crippen LogP contribution in [0.25, 0.3) is 0 Å². The van der Waals surface area contributed by atoms with E-state index in [1.165, 1.54) is 19.0 Å². The molecule has 170 valence electrons. The Kier molecular flexibility index (Phi) is 5.10. The number of aromatic nitrogens is 1. The summed E-state index contributed by atoms with van der Waals surface area (Å²) in [5.41, 5.74) is 1.80. The number of nitrogens with two attached hydrogens (primary N) is 1. The number of ketones is 4. The second-order valence-corrected chi connectivity index (χ2v) is 9.44. The Morgan fingerprint density at radius 1 is 1.25 bits per heavy atom. The molecular weight excluding hydrogens is 493 g/mol. The predicted octanol–water partition coefficient (Wildman–Crippen LogP) is -0.836. The molecule has 3 aliphatic carbocycles. The quantitative estimate of drug-likeness (QED) is 0.338. The Morgan fingerprint density at radius 2 is 1.88 bits per heavy atom. The van der Waals surface area contributed by atoms with Gasteiger partial charge in [0.25, 0.3) is 0 Å². The number of fused-ring (bicyclic) bond motifs is 3. The molecular formula is C20H19BrFN3O7. The highest BCUT2D eigenvalue weighted by molar-refractivity contribution is 9.10. The van der Waals surface area contributed by atoms with Gasteiger partial charge in [0.2, 0.25) is 11.9 Å². The lowest BCUT2D eigenvalue weighted by Crippen LogP contribution is -2.74. The highest BCUT2D eigenvalue weighted by Gasteiger charge is 2.69. The summed E-state index contributed by atoms with van der Waals surface area (Å²) in [4.78, 5) is 69.5. The number of aromatic hydroxyl groups is 1. The van der Waals surface area contributed by atoms with Gasteiger partial charge in [-0.05, 0) is 48.8 Å². The maximum Gasteiger partial charge on any atom is 0.235 e. The third-order valence-corrected chi connectivity index (χ3v) is 7.39. The fourth-order valence-electron chi connectivity index (χ4n) is 5.49. The van der Waals surface area contributed by atoms with Gasteiger partial charge in [0.15, 0.2) is 45.0 Å². The molecule has 12 heteroatoms. The molecule has 2 unspecified atom stereocenters. The number of hydrogen-bond donors (Lipinski definition) is 3. The summed E-state index contributed by atoms with van der Waals surface area (Å²) in [6, 6.07) is -1.21. The SMILES string of the molecule is CN(C)[C@@H]1C(=O)C(C(N)=O)C(=O)[C@@]2(O)C(=O)C3C(=O)c4c(O)c(Br)nc(F)c4C[C@H]3C[C@@H]12. The zero-order valence-electron chi connectivity index (χ0n) is 17.0. The molecule has 0 saturated heterocycles. The normalized spacial score (nSPS) is 34.2. The van der Waals surface area contributed by atoms with E-state index in [-0.39, 0.29) is 23.0 Å². The van der Waals surface area contributed by atoms with Crippen LogP contribution in [0, 0.1) is 29.6 Å². The van der Waals surface area contributed by atoms with Gasteiger partial charge in [-0.2, -0.15) is 4.39 Å². The first-order chi connectivity index (χ1) is 14.8. The van der Waals surface area contributed by atoms with Crippen LogP contribution in [0.1, 0.15) is 22.3 Å². The molecule has 32 heavy (non-hydrogen) atoms. The summed E-state index contributed by atoms with van der Waals surface area (Å²) in [7, 11) is 2.96. The monoisotopic (exact) mass is 511 g/mol. The summed E-state index contributed by atoms with van der Waals surface area (Å²) < 4.78 is 14.2. The number of Topliss-reactive ketones (excluding diaryl/α,β-unsaturated/α-hetero) is 4. The van der Waals surface area contributed by atoms with Gasteiger partial charge in [-0.3, -0.25) is 28.9 Å². The van der Waals surface area contributed by atoms with Crippen molar-refractivity contribution in [3.8, 4) is 5.75 Å². The van der Waals surface area contributed by atoms with Crippen LogP contribution >= 0.6 is 15.9 Å². The van der Waals surface area contributed by atoms with Gasteiger partial charge in [-0.15, -0.1) is 0 Å². The van der Waals surface area contributed by atoms with Crippen LogP contribution < -0.4 is 5.73 Å². The fraction of sp³-hybridized carbons (Fsp3) is 0.500. The van der Waals surface area contributed by atoms with Crippen LogP contribution in [0.15, 0.2) is 4.60 Å². The van der Waals surface area contributed by atoms with Crippen LogP contribution in [0.5, 0.6) is 5.75 Å². The molecule has 4 N–H and O–H groups in total. The molecule has 0 aliphatic heterocycles. The van der Waals surface area contributed by atoms with E-state index in [1.54, 1.807) is 0 Å². The molecule has 2 fully saturated rings. The maximum atomic E-state index is 14.5. The molecule has 2 saturated carbocycles.